The molecule has 21 heteroatoms. The second-order valence-corrected chi connectivity index (χ2v) is 27.9. The maximum absolute atomic E-state index is 14.8. The maximum atomic E-state index is 14.8. The number of nitrogens with zero attached hydrogens (tertiary/aromatic N) is 1. The average Bonchev–Trinajstić information content (AvgIpc) is 0.749. The first-order valence-electron chi connectivity index (χ1n) is 38.5. The van der Waals surface area contributed by atoms with Gasteiger partial charge in [-0.3, -0.25) is 33.3 Å². The van der Waals surface area contributed by atoms with Crippen molar-refractivity contribution in [2.75, 3.05) is 32.8 Å². The third kappa shape index (κ3) is 48.2. The molecule has 0 unspecified atom stereocenters. The number of amides is 2. The number of carbonyl (C=O) groups is 6. The lowest BCUT2D eigenvalue weighted by molar-refractivity contribution is -0.285. The summed E-state index contributed by atoms with van der Waals surface area (Å²) in [5, 5.41) is 28.6. The molecule has 0 aliphatic carbocycles. The lowest BCUT2D eigenvalue weighted by atomic mass is 9.79. The number of hydrogen-bond acceptors (Lipinski definition) is 16. The van der Waals surface area contributed by atoms with Gasteiger partial charge in [-0.2, -0.15) is 0 Å². The Morgan fingerprint density at radius 2 is 0.789 bits per heavy atom. The standard InChI is InChI=1S/C68H127N2O17P.C6H15N/c1-7-13-19-22-25-28-31-34-40-43-55(82-61(74)46-37-16-10-4)51-59(72)69-50-49-68(70-60(73)52-56(83-62(75)47-38-17-11-5)44-41-35-32-29-26-23-20-14-8-2)66(65(87-88(79,80)81)58(54-71)85-67(68)78)86-64(77)53-57(84-63(76)48-39-18-12-6)45-42-36-33-30-27-24-21-15-9-3;1-4-7(5-2)6-3/h55-58,65-67,71,78H,7-54H2,1-6H3,(H,69,72)(H,70,73)(H2,79,80,81);4-6H2,1-3H3/t55-,56-,57-,58-,65-,66+,67+,68-;/m1./s1. The number of rotatable bonds is 62. The van der Waals surface area contributed by atoms with Gasteiger partial charge in [-0.1, -0.05) is 255 Å². The van der Waals surface area contributed by atoms with E-state index in [2.05, 4.69) is 57.1 Å². The maximum Gasteiger partial charge on any atom is 0.470 e. The molecule has 1 rings (SSSR count). The summed E-state index contributed by atoms with van der Waals surface area (Å²) in [5.74, 6) is -3.81. The molecular formula is C74H142N3O17P. The lowest BCUT2D eigenvalue weighted by Crippen LogP contribution is -2.75. The minimum Gasteiger partial charge on any atom is -0.462 e. The summed E-state index contributed by atoms with van der Waals surface area (Å²) in [6.07, 6.45) is 24.1. The van der Waals surface area contributed by atoms with Crippen LogP contribution in [0.4, 0.5) is 0 Å². The first-order chi connectivity index (χ1) is 45.8. The van der Waals surface area contributed by atoms with Crippen LogP contribution >= 0.6 is 7.82 Å². The van der Waals surface area contributed by atoms with E-state index in [0.29, 0.717) is 51.4 Å². The summed E-state index contributed by atoms with van der Waals surface area (Å²) < 4.78 is 48.1. The van der Waals surface area contributed by atoms with Gasteiger partial charge in [0, 0.05) is 25.8 Å². The molecule has 20 nitrogen and oxygen atoms in total. The van der Waals surface area contributed by atoms with Crippen LogP contribution in [0, 0.1) is 0 Å². The predicted octanol–water partition coefficient (Wildman–Crippen LogP) is 16.2. The summed E-state index contributed by atoms with van der Waals surface area (Å²) in [5.41, 5.74) is -2.38. The van der Waals surface area contributed by atoms with Crippen LogP contribution in [0.2, 0.25) is 0 Å². The molecule has 2 amide bonds. The third-order valence-electron chi connectivity index (χ3n) is 18.1. The van der Waals surface area contributed by atoms with Gasteiger partial charge >= 0.3 is 31.7 Å². The highest BCUT2D eigenvalue weighted by Gasteiger charge is 2.60. The molecule has 0 radical (unpaired) electrons. The van der Waals surface area contributed by atoms with E-state index in [0.717, 1.165) is 148 Å². The van der Waals surface area contributed by atoms with E-state index in [1.807, 2.05) is 20.8 Å². The van der Waals surface area contributed by atoms with Crippen LogP contribution in [-0.2, 0) is 61.5 Å². The Balaban J connectivity index is 0.0000119. The van der Waals surface area contributed by atoms with Gasteiger partial charge in [-0.25, -0.2) is 4.57 Å². The van der Waals surface area contributed by atoms with Crippen molar-refractivity contribution >= 4 is 43.5 Å². The molecule has 8 atom stereocenters. The molecular weight excluding hydrogens is 1230 g/mol. The smallest absolute Gasteiger partial charge is 0.462 e. The Morgan fingerprint density at radius 1 is 0.463 bits per heavy atom. The van der Waals surface area contributed by atoms with Crippen molar-refractivity contribution in [3.05, 3.63) is 0 Å². The van der Waals surface area contributed by atoms with Crippen LogP contribution in [-0.4, -0.2) is 142 Å². The minimum absolute atomic E-state index is 0.121. The van der Waals surface area contributed by atoms with Crippen molar-refractivity contribution in [1.82, 2.24) is 15.5 Å². The fraction of sp³-hybridized carbons (Fsp3) is 0.919. The Bertz CT molecular complexity index is 1960. The monoisotopic (exact) mass is 1380 g/mol. The van der Waals surface area contributed by atoms with Gasteiger partial charge < -0.3 is 59.2 Å². The van der Waals surface area contributed by atoms with Crippen LogP contribution in [0.25, 0.3) is 0 Å². The van der Waals surface area contributed by atoms with E-state index >= 15 is 0 Å². The number of hydrogen-bond donors (Lipinski definition) is 6. The van der Waals surface area contributed by atoms with Crippen LogP contribution in [0.1, 0.15) is 358 Å². The molecule has 0 aromatic carbocycles. The molecule has 1 heterocycles. The van der Waals surface area contributed by atoms with Crippen LogP contribution in [0.5, 0.6) is 0 Å². The SMILES string of the molecule is CCCCCCCCCCC[C@H](CC(=O)NCC[C@]1(NC(=O)C[C@@H](CCCCCCCCCCC)OC(=O)CCCCC)[C@@H](O)O[C@H](CO)[C@@H](OP(=O)(O)O)[C@@H]1OC(=O)C[C@@H](CCCCCCCCCCC)OC(=O)CCCCC)OC(=O)CCCCC.CCN(CC)CC. The molecule has 1 saturated heterocycles. The normalized spacial score (nSPS) is 18.1. The first kappa shape index (κ1) is 91.8. The van der Waals surface area contributed by atoms with Crippen LogP contribution < -0.4 is 10.6 Å². The molecule has 1 aliphatic rings. The zero-order chi connectivity index (χ0) is 70.8. The molecule has 1 fully saturated rings. The molecule has 0 aromatic heterocycles. The summed E-state index contributed by atoms with van der Waals surface area (Å²) in [6.45, 7) is 21.3. The zero-order valence-electron chi connectivity index (χ0n) is 61.6. The van der Waals surface area contributed by atoms with Gasteiger partial charge in [0.2, 0.25) is 11.8 Å². The minimum atomic E-state index is -5.56. The Labute approximate surface area is 577 Å². The number of phosphoric ester groups is 1. The number of aliphatic hydroxyl groups is 2. The summed E-state index contributed by atoms with van der Waals surface area (Å²) >= 11 is 0. The van der Waals surface area contributed by atoms with Crippen molar-refractivity contribution in [1.29, 1.82) is 0 Å². The van der Waals surface area contributed by atoms with Crippen molar-refractivity contribution in [3.63, 3.8) is 0 Å². The van der Waals surface area contributed by atoms with Crippen molar-refractivity contribution in [3.8, 4) is 0 Å². The summed E-state index contributed by atoms with van der Waals surface area (Å²) in [4.78, 5) is 106. The van der Waals surface area contributed by atoms with Crippen LogP contribution in [0.15, 0.2) is 0 Å². The molecule has 1 aliphatic heterocycles. The van der Waals surface area contributed by atoms with E-state index < -0.39 is 118 Å². The van der Waals surface area contributed by atoms with Crippen molar-refractivity contribution < 1.29 is 81.5 Å². The molecule has 95 heavy (non-hydrogen) atoms. The first-order valence-corrected chi connectivity index (χ1v) is 40.1. The second-order valence-electron chi connectivity index (χ2n) is 26.7. The number of ether oxygens (including phenoxy) is 5. The number of aliphatic hydroxyl groups excluding tert-OH is 2. The molecule has 560 valence electrons. The fourth-order valence-corrected chi connectivity index (χ4v) is 12.8. The summed E-state index contributed by atoms with van der Waals surface area (Å²) in [7, 11) is -5.56. The van der Waals surface area contributed by atoms with Gasteiger partial charge in [0.25, 0.3) is 0 Å². The van der Waals surface area contributed by atoms with E-state index in [-0.39, 0.29) is 32.2 Å². The highest BCUT2D eigenvalue weighted by atomic mass is 31.2. The number of carbonyl (C=O) groups excluding carboxylic acids is 6. The van der Waals surface area contributed by atoms with Crippen LogP contribution in [0.3, 0.4) is 0 Å². The molecule has 0 spiro atoms. The highest BCUT2D eigenvalue weighted by Crippen LogP contribution is 2.45. The Hall–Kier alpha value is -3.23. The number of unbranched alkanes of at least 4 members (excludes halogenated alkanes) is 30. The topological polar surface area (TPSA) is 283 Å². The summed E-state index contributed by atoms with van der Waals surface area (Å²) in [6, 6.07) is 0. The van der Waals surface area contributed by atoms with Gasteiger partial charge in [-0.15, -0.1) is 0 Å². The molecule has 0 saturated carbocycles. The van der Waals surface area contributed by atoms with Gasteiger partial charge in [0.15, 0.2) is 12.4 Å². The number of esters is 4. The van der Waals surface area contributed by atoms with E-state index in [1.54, 1.807) is 0 Å². The average molecular weight is 1380 g/mol. The number of nitrogens with one attached hydrogen (secondary N) is 2. The lowest BCUT2D eigenvalue weighted by Gasteiger charge is -2.51. The zero-order valence-corrected chi connectivity index (χ0v) is 62.5. The van der Waals surface area contributed by atoms with Crippen molar-refractivity contribution in [2.24, 2.45) is 0 Å². The quantitative estimate of drug-likeness (QED) is 0.0143. The second kappa shape index (κ2) is 60.7. The Kier molecular flexibility index (Phi) is 58.6. The Morgan fingerprint density at radius 3 is 1.12 bits per heavy atom. The van der Waals surface area contributed by atoms with Gasteiger partial charge in [0.05, 0.1) is 25.9 Å². The fourth-order valence-electron chi connectivity index (χ4n) is 12.3. The largest absolute Gasteiger partial charge is 0.470 e. The highest BCUT2D eigenvalue weighted by molar-refractivity contribution is 7.46. The van der Waals surface area contributed by atoms with E-state index in [1.165, 1.54) is 71.0 Å². The molecule has 0 aromatic rings. The molecule has 6 N–H and O–H groups in total. The van der Waals surface area contributed by atoms with E-state index in [4.69, 9.17) is 28.2 Å². The molecule has 0 bridgehead atoms. The van der Waals surface area contributed by atoms with Crippen molar-refractivity contribution in [2.45, 2.75) is 406 Å². The van der Waals surface area contributed by atoms with E-state index in [9.17, 15) is 53.3 Å². The third-order valence-corrected chi connectivity index (χ3v) is 18.7. The van der Waals surface area contributed by atoms with Gasteiger partial charge in [-0.05, 0) is 83.8 Å². The van der Waals surface area contributed by atoms with Gasteiger partial charge in [0.1, 0.15) is 36.1 Å². The number of phosphoric acid groups is 1. The predicted molar refractivity (Wildman–Crippen MR) is 378 cm³/mol.